The van der Waals surface area contributed by atoms with E-state index in [-0.39, 0.29) is 35.2 Å². The van der Waals surface area contributed by atoms with Crippen molar-refractivity contribution < 1.29 is 27.6 Å². The molecule has 0 saturated carbocycles. The third-order valence-electron chi connectivity index (χ3n) is 4.99. The molecule has 32 heavy (non-hydrogen) atoms. The summed E-state index contributed by atoms with van der Waals surface area (Å²) in [7, 11) is 1.39. The van der Waals surface area contributed by atoms with Gasteiger partial charge in [0.2, 0.25) is 5.91 Å². The second kappa shape index (κ2) is 8.73. The fourth-order valence-electron chi connectivity index (χ4n) is 3.40. The van der Waals surface area contributed by atoms with E-state index < -0.39 is 23.6 Å². The SMILES string of the molecule is CN1C(=O)C2=C(C1=O)N(CC(=O)N/C(N)=C/C=C(\N)c1cncc(C(F)(F)F)c1)CCC2. The lowest BCUT2D eigenvalue weighted by molar-refractivity contribution is -0.138. The number of hydrogen-bond acceptors (Lipinski definition) is 7. The molecule has 0 aliphatic carbocycles. The van der Waals surface area contributed by atoms with Gasteiger partial charge in [0.25, 0.3) is 11.8 Å². The molecule has 3 amide bonds. The number of allylic oxidation sites excluding steroid dienone is 2. The Kier molecular flexibility index (Phi) is 6.23. The number of rotatable bonds is 5. The molecule has 2 aliphatic rings. The summed E-state index contributed by atoms with van der Waals surface area (Å²) in [6.07, 6.45) is 0.851. The minimum absolute atomic E-state index is 0.0373. The molecule has 3 heterocycles. The van der Waals surface area contributed by atoms with Crippen molar-refractivity contribution in [2.45, 2.75) is 19.0 Å². The Morgan fingerprint density at radius 3 is 2.62 bits per heavy atom. The van der Waals surface area contributed by atoms with Gasteiger partial charge in [-0.25, -0.2) is 0 Å². The number of nitrogens with one attached hydrogen (secondary N) is 1. The monoisotopic (exact) mass is 450 g/mol. The molecule has 12 heteroatoms. The number of aromatic nitrogens is 1. The highest BCUT2D eigenvalue weighted by Crippen LogP contribution is 2.31. The second-order valence-corrected chi connectivity index (χ2v) is 7.27. The first-order valence-corrected chi connectivity index (χ1v) is 9.55. The molecule has 0 radical (unpaired) electrons. The third kappa shape index (κ3) is 4.74. The minimum atomic E-state index is -4.56. The van der Waals surface area contributed by atoms with Crippen molar-refractivity contribution in [2.75, 3.05) is 20.1 Å². The van der Waals surface area contributed by atoms with Gasteiger partial charge < -0.3 is 21.7 Å². The minimum Gasteiger partial charge on any atom is -0.398 e. The topological polar surface area (TPSA) is 135 Å². The normalized spacial score (nSPS) is 17.8. The van der Waals surface area contributed by atoms with Gasteiger partial charge >= 0.3 is 6.18 Å². The summed E-state index contributed by atoms with van der Waals surface area (Å²) >= 11 is 0. The fourth-order valence-corrected chi connectivity index (χ4v) is 3.40. The number of pyridine rings is 1. The van der Waals surface area contributed by atoms with E-state index in [1.165, 1.54) is 30.3 Å². The molecular formula is C20H21F3N6O3. The van der Waals surface area contributed by atoms with Crippen molar-refractivity contribution in [3.63, 3.8) is 0 Å². The Bertz CT molecular complexity index is 1060. The lowest BCUT2D eigenvalue weighted by Crippen LogP contribution is -2.41. The summed E-state index contributed by atoms with van der Waals surface area (Å²) in [6.45, 7) is 0.231. The number of hydrogen-bond donors (Lipinski definition) is 3. The van der Waals surface area contributed by atoms with Crippen LogP contribution in [0.2, 0.25) is 0 Å². The summed E-state index contributed by atoms with van der Waals surface area (Å²) < 4.78 is 38.4. The van der Waals surface area contributed by atoms with Crippen LogP contribution >= 0.6 is 0 Å². The lowest BCUT2D eigenvalue weighted by atomic mass is 10.0. The number of halogens is 3. The van der Waals surface area contributed by atoms with Crippen molar-refractivity contribution in [3.8, 4) is 0 Å². The lowest BCUT2D eigenvalue weighted by Gasteiger charge is -2.28. The number of alkyl halides is 3. The average molecular weight is 450 g/mol. The number of carbonyl (C=O) groups excluding carboxylic acids is 3. The van der Waals surface area contributed by atoms with Gasteiger partial charge in [-0.15, -0.1) is 0 Å². The molecule has 3 rings (SSSR count). The van der Waals surface area contributed by atoms with E-state index in [2.05, 4.69) is 10.3 Å². The van der Waals surface area contributed by atoms with Crippen LogP contribution in [0.5, 0.6) is 0 Å². The van der Waals surface area contributed by atoms with E-state index in [9.17, 15) is 27.6 Å². The number of carbonyl (C=O) groups is 3. The number of nitrogens with zero attached hydrogens (tertiary/aromatic N) is 3. The summed E-state index contributed by atoms with van der Waals surface area (Å²) in [5.74, 6) is -1.45. The molecule has 0 atom stereocenters. The van der Waals surface area contributed by atoms with Crippen LogP contribution in [0, 0.1) is 0 Å². The molecule has 170 valence electrons. The molecule has 1 aromatic heterocycles. The highest BCUT2D eigenvalue weighted by atomic mass is 19.4. The Morgan fingerprint density at radius 1 is 1.22 bits per heavy atom. The van der Waals surface area contributed by atoms with E-state index in [0.717, 1.165) is 11.0 Å². The van der Waals surface area contributed by atoms with Crippen LogP contribution in [0.1, 0.15) is 24.0 Å². The predicted molar refractivity (Wildman–Crippen MR) is 107 cm³/mol. The zero-order chi connectivity index (χ0) is 23.6. The van der Waals surface area contributed by atoms with E-state index in [1.807, 2.05) is 0 Å². The van der Waals surface area contributed by atoms with Crippen LogP contribution in [-0.4, -0.2) is 52.6 Å². The van der Waals surface area contributed by atoms with Crippen molar-refractivity contribution in [3.05, 3.63) is 58.8 Å². The number of amides is 3. The molecule has 0 spiro atoms. The third-order valence-corrected chi connectivity index (χ3v) is 4.99. The largest absolute Gasteiger partial charge is 0.417 e. The second-order valence-electron chi connectivity index (χ2n) is 7.27. The molecule has 5 N–H and O–H groups in total. The molecule has 0 saturated heterocycles. The summed E-state index contributed by atoms with van der Waals surface area (Å²) in [4.78, 5) is 42.8. The quantitative estimate of drug-likeness (QED) is 0.443. The van der Waals surface area contributed by atoms with E-state index >= 15 is 0 Å². The van der Waals surface area contributed by atoms with Crippen LogP contribution in [0.4, 0.5) is 13.2 Å². The van der Waals surface area contributed by atoms with Crippen LogP contribution in [0.3, 0.4) is 0 Å². The maximum Gasteiger partial charge on any atom is 0.417 e. The molecular weight excluding hydrogens is 429 g/mol. The van der Waals surface area contributed by atoms with Crippen molar-refractivity contribution >= 4 is 23.4 Å². The molecule has 1 aromatic rings. The van der Waals surface area contributed by atoms with E-state index in [0.29, 0.717) is 31.2 Å². The molecule has 0 unspecified atom stereocenters. The van der Waals surface area contributed by atoms with Crippen LogP contribution in [-0.2, 0) is 20.6 Å². The Labute approximate surface area is 181 Å². The molecule has 0 bridgehead atoms. The maximum absolute atomic E-state index is 12.8. The van der Waals surface area contributed by atoms with Crippen molar-refractivity contribution in [1.29, 1.82) is 0 Å². The smallest absolute Gasteiger partial charge is 0.398 e. The van der Waals surface area contributed by atoms with Gasteiger partial charge in [0.05, 0.1) is 12.1 Å². The van der Waals surface area contributed by atoms with Crippen LogP contribution < -0.4 is 16.8 Å². The summed E-state index contributed by atoms with van der Waals surface area (Å²) in [6, 6.07) is 0.847. The first-order valence-electron chi connectivity index (χ1n) is 9.55. The van der Waals surface area contributed by atoms with Crippen molar-refractivity contribution in [2.24, 2.45) is 11.5 Å². The predicted octanol–water partition coefficient (Wildman–Crippen LogP) is 0.665. The molecule has 0 fully saturated rings. The van der Waals surface area contributed by atoms with Gasteiger partial charge in [0.15, 0.2) is 0 Å². The zero-order valence-electron chi connectivity index (χ0n) is 17.1. The van der Waals surface area contributed by atoms with E-state index in [4.69, 9.17) is 11.5 Å². The first-order chi connectivity index (χ1) is 15.0. The standard InChI is InChI=1S/C20H21F3N6O3/c1-28-18(31)13-3-2-6-29(17(13)19(28)32)10-16(30)27-15(25)5-4-14(24)11-7-12(9-26-8-11)20(21,22)23/h4-5,7-9H,2-3,6,10,24-25H2,1H3,(H,27,30)/b14-4-,15-5+. The van der Waals surface area contributed by atoms with Gasteiger partial charge in [-0.1, -0.05) is 0 Å². The van der Waals surface area contributed by atoms with Gasteiger partial charge in [-0.05, 0) is 31.1 Å². The Hall–Kier alpha value is -3.83. The van der Waals surface area contributed by atoms with Gasteiger partial charge in [0.1, 0.15) is 11.5 Å². The van der Waals surface area contributed by atoms with Gasteiger partial charge in [0, 0.05) is 42.8 Å². The first kappa shape index (κ1) is 22.8. The highest BCUT2D eigenvalue weighted by Gasteiger charge is 2.40. The zero-order valence-corrected chi connectivity index (χ0v) is 17.1. The van der Waals surface area contributed by atoms with Gasteiger partial charge in [-0.3, -0.25) is 24.3 Å². The van der Waals surface area contributed by atoms with Crippen molar-refractivity contribution in [1.82, 2.24) is 20.1 Å². The Morgan fingerprint density at radius 2 is 1.94 bits per heavy atom. The number of nitrogens with two attached hydrogens (primary N) is 2. The molecule has 0 aromatic carbocycles. The highest BCUT2D eigenvalue weighted by molar-refractivity contribution is 6.19. The fraction of sp³-hybridized carbons (Fsp3) is 0.300. The van der Waals surface area contributed by atoms with Crippen LogP contribution in [0.15, 0.2) is 47.7 Å². The Balaban J connectivity index is 1.66. The molecule has 2 aliphatic heterocycles. The number of likely N-dealkylation sites (N-methyl/N-ethyl adjacent to an activating group) is 1. The summed E-state index contributed by atoms with van der Waals surface area (Å²) in [5, 5.41) is 2.42. The average Bonchev–Trinajstić information content (AvgIpc) is 2.96. The van der Waals surface area contributed by atoms with Gasteiger partial charge in [-0.2, -0.15) is 13.2 Å². The maximum atomic E-state index is 12.8. The van der Waals surface area contributed by atoms with E-state index in [1.54, 1.807) is 0 Å². The number of imide groups is 1. The summed E-state index contributed by atoms with van der Waals surface area (Å²) in [5.41, 5.74) is 11.2. The van der Waals surface area contributed by atoms with Crippen LogP contribution in [0.25, 0.3) is 5.70 Å². The molecule has 9 nitrogen and oxygen atoms in total.